The molecule has 0 saturated heterocycles. The SMILES string of the molecule is CCc1cnc(C2(N)CC2)c(F)c1. The lowest BCUT2D eigenvalue weighted by molar-refractivity contribution is 0.558. The molecule has 2 rings (SSSR count). The zero-order valence-corrected chi connectivity index (χ0v) is 7.68. The fourth-order valence-corrected chi connectivity index (χ4v) is 1.41. The van der Waals surface area contributed by atoms with Crippen LogP contribution in [-0.4, -0.2) is 4.98 Å². The summed E-state index contributed by atoms with van der Waals surface area (Å²) in [6, 6.07) is 1.54. The van der Waals surface area contributed by atoms with Crippen LogP contribution >= 0.6 is 0 Å². The van der Waals surface area contributed by atoms with E-state index in [0.29, 0.717) is 5.69 Å². The molecule has 3 heteroatoms. The maximum atomic E-state index is 13.4. The first-order valence-electron chi connectivity index (χ1n) is 4.59. The van der Waals surface area contributed by atoms with E-state index in [0.717, 1.165) is 24.8 Å². The summed E-state index contributed by atoms with van der Waals surface area (Å²) in [7, 11) is 0. The van der Waals surface area contributed by atoms with Gasteiger partial charge < -0.3 is 5.73 Å². The number of nitrogens with zero attached hydrogens (tertiary/aromatic N) is 1. The molecule has 1 fully saturated rings. The second-order valence-corrected chi connectivity index (χ2v) is 3.68. The van der Waals surface area contributed by atoms with Gasteiger partial charge >= 0.3 is 0 Å². The number of halogens is 1. The van der Waals surface area contributed by atoms with Crippen molar-refractivity contribution >= 4 is 0 Å². The van der Waals surface area contributed by atoms with Gasteiger partial charge in [0.2, 0.25) is 0 Å². The molecule has 1 heterocycles. The van der Waals surface area contributed by atoms with Crippen LogP contribution in [0.3, 0.4) is 0 Å². The van der Waals surface area contributed by atoms with E-state index in [1.54, 1.807) is 6.20 Å². The second kappa shape index (κ2) is 2.77. The van der Waals surface area contributed by atoms with Crippen LogP contribution in [0.15, 0.2) is 12.3 Å². The Balaban J connectivity index is 2.38. The Morgan fingerprint density at radius 1 is 1.62 bits per heavy atom. The highest BCUT2D eigenvalue weighted by Gasteiger charge is 2.43. The van der Waals surface area contributed by atoms with Crippen LogP contribution in [-0.2, 0) is 12.0 Å². The lowest BCUT2D eigenvalue weighted by Gasteiger charge is -2.09. The van der Waals surface area contributed by atoms with Crippen molar-refractivity contribution in [3.8, 4) is 0 Å². The molecule has 1 aliphatic carbocycles. The molecule has 0 spiro atoms. The van der Waals surface area contributed by atoms with E-state index in [-0.39, 0.29) is 5.82 Å². The van der Waals surface area contributed by atoms with Crippen molar-refractivity contribution in [1.29, 1.82) is 0 Å². The van der Waals surface area contributed by atoms with Crippen molar-refractivity contribution in [2.45, 2.75) is 31.7 Å². The Bertz CT molecular complexity index is 332. The van der Waals surface area contributed by atoms with Crippen molar-refractivity contribution < 1.29 is 4.39 Å². The summed E-state index contributed by atoms with van der Waals surface area (Å²) in [6.45, 7) is 1.98. The molecule has 0 aromatic carbocycles. The molecule has 2 nitrogen and oxygen atoms in total. The lowest BCUT2D eigenvalue weighted by atomic mass is 10.1. The highest BCUT2D eigenvalue weighted by molar-refractivity contribution is 5.26. The number of aryl methyl sites for hydroxylation is 1. The van der Waals surface area contributed by atoms with Crippen LogP contribution in [0.2, 0.25) is 0 Å². The zero-order valence-electron chi connectivity index (χ0n) is 7.68. The Kier molecular flexibility index (Phi) is 1.84. The number of rotatable bonds is 2. The molecule has 1 aromatic heterocycles. The molecule has 0 atom stereocenters. The van der Waals surface area contributed by atoms with Gasteiger partial charge in [0.1, 0.15) is 5.82 Å². The average molecular weight is 180 g/mol. The van der Waals surface area contributed by atoms with Gasteiger partial charge in [0, 0.05) is 6.20 Å². The third-order valence-corrected chi connectivity index (χ3v) is 2.57. The molecule has 2 N–H and O–H groups in total. The fourth-order valence-electron chi connectivity index (χ4n) is 1.41. The van der Waals surface area contributed by atoms with Gasteiger partial charge in [0.15, 0.2) is 0 Å². The van der Waals surface area contributed by atoms with Crippen LogP contribution < -0.4 is 5.73 Å². The predicted molar refractivity (Wildman–Crippen MR) is 48.7 cm³/mol. The van der Waals surface area contributed by atoms with E-state index < -0.39 is 5.54 Å². The van der Waals surface area contributed by atoms with Crippen LogP contribution in [0.5, 0.6) is 0 Å². The number of pyridine rings is 1. The van der Waals surface area contributed by atoms with E-state index in [2.05, 4.69) is 4.98 Å². The van der Waals surface area contributed by atoms with E-state index in [9.17, 15) is 4.39 Å². The molecule has 0 aliphatic heterocycles. The minimum Gasteiger partial charge on any atom is -0.320 e. The maximum Gasteiger partial charge on any atom is 0.146 e. The number of aromatic nitrogens is 1. The van der Waals surface area contributed by atoms with Gasteiger partial charge in [-0.25, -0.2) is 4.39 Å². The Morgan fingerprint density at radius 2 is 2.31 bits per heavy atom. The van der Waals surface area contributed by atoms with Gasteiger partial charge in [-0.2, -0.15) is 0 Å². The Labute approximate surface area is 77.0 Å². The van der Waals surface area contributed by atoms with Crippen LogP contribution in [0.4, 0.5) is 4.39 Å². The monoisotopic (exact) mass is 180 g/mol. The normalized spacial score (nSPS) is 18.7. The van der Waals surface area contributed by atoms with Crippen LogP contribution in [0.1, 0.15) is 31.0 Å². The van der Waals surface area contributed by atoms with E-state index in [1.807, 2.05) is 6.92 Å². The van der Waals surface area contributed by atoms with Crippen molar-refractivity contribution in [2.24, 2.45) is 5.73 Å². The minimum atomic E-state index is -0.462. The standard InChI is InChI=1S/C10H13FN2/c1-2-7-5-8(11)9(13-6-7)10(12)3-4-10/h5-6H,2-4,12H2,1H3. The van der Waals surface area contributed by atoms with Gasteiger partial charge in [-0.1, -0.05) is 6.92 Å². The van der Waals surface area contributed by atoms with Gasteiger partial charge in [0.25, 0.3) is 0 Å². The first-order valence-corrected chi connectivity index (χ1v) is 4.59. The third-order valence-electron chi connectivity index (χ3n) is 2.57. The molecule has 70 valence electrons. The summed E-state index contributed by atoms with van der Waals surface area (Å²) in [5.41, 5.74) is 6.75. The Morgan fingerprint density at radius 3 is 2.77 bits per heavy atom. The van der Waals surface area contributed by atoms with Crippen molar-refractivity contribution in [1.82, 2.24) is 4.98 Å². The van der Waals surface area contributed by atoms with E-state index >= 15 is 0 Å². The molecule has 1 aliphatic rings. The van der Waals surface area contributed by atoms with Gasteiger partial charge in [-0.05, 0) is 30.9 Å². The molecule has 0 amide bonds. The number of hydrogen-bond acceptors (Lipinski definition) is 2. The van der Waals surface area contributed by atoms with Gasteiger partial charge in [0.05, 0.1) is 11.2 Å². The molecule has 0 radical (unpaired) electrons. The molecule has 13 heavy (non-hydrogen) atoms. The summed E-state index contributed by atoms with van der Waals surface area (Å²) >= 11 is 0. The zero-order chi connectivity index (χ0) is 9.47. The van der Waals surface area contributed by atoms with Crippen molar-refractivity contribution in [2.75, 3.05) is 0 Å². The average Bonchev–Trinajstić information content (AvgIpc) is 2.84. The van der Waals surface area contributed by atoms with Crippen LogP contribution in [0.25, 0.3) is 0 Å². The third kappa shape index (κ3) is 1.44. The number of nitrogens with two attached hydrogens (primary N) is 1. The van der Waals surface area contributed by atoms with Crippen LogP contribution in [0, 0.1) is 5.82 Å². The molecule has 0 bridgehead atoms. The second-order valence-electron chi connectivity index (χ2n) is 3.68. The van der Waals surface area contributed by atoms with Gasteiger partial charge in [-0.3, -0.25) is 4.98 Å². The lowest BCUT2D eigenvalue weighted by Crippen LogP contribution is -2.22. The predicted octanol–water partition coefficient (Wildman–Crippen LogP) is 1.73. The van der Waals surface area contributed by atoms with E-state index in [4.69, 9.17) is 5.73 Å². The molecule has 1 saturated carbocycles. The summed E-state index contributed by atoms with van der Waals surface area (Å²) in [6.07, 6.45) is 4.22. The topological polar surface area (TPSA) is 38.9 Å². The van der Waals surface area contributed by atoms with Crippen molar-refractivity contribution in [3.05, 3.63) is 29.3 Å². The summed E-state index contributed by atoms with van der Waals surface area (Å²) in [4.78, 5) is 4.08. The van der Waals surface area contributed by atoms with E-state index in [1.165, 1.54) is 6.07 Å². The highest BCUT2D eigenvalue weighted by atomic mass is 19.1. The fraction of sp³-hybridized carbons (Fsp3) is 0.500. The summed E-state index contributed by atoms with van der Waals surface area (Å²) in [5, 5.41) is 0. The largest absolute Gasteiger partial charge is 0.320 e. The highest BCUT2D eigenvalue weighted by Crippen LogP contribution is 2.42. The first kappa shape index (κ1) is 8.63. The summed E-state index contributed by atoms with van der Waals surface area (Å²) < 4.78 is 13.4. The minimum absolute atomic E-state index is 0.251. The Hall–Kier alpha value is -0.960. The summed E-state index contributed by atoms with van der Waals surface area (Å²) in [5.74, 6) is -0.251. The van der Waals surface area contributed by atoms with Crippen molar-refractivity contribution in [3.63, 3.8) is 0 Å². The molecular formula is C10H13FN2. The molecule has 1 aromatic rings. The van der Waals surface area contributed by atoms with Gasteiger partial charge in [-0.15, -0.1) is 0 Å². The smallest absolute Gasteiger partial charge is 0.146 e. The first-order chi connectivity index (χ1) is 6.15. The number of hydrogen-bond donors (Lipinski definition) is 1. The molecule has 0 unspecified atom stereocenters. The maximum absolute atomic E-state index is 13.4. The quantitative estimate of drug-likeness (QED) is 0.752. The molecular weight excluding hydrogens is 167 g/mol.